The van der Waals surface area contributed by atoms with Gasteiger partial charge in [-0.3, -0.25) is 4.79 Å². The molecular formula is C22H22F3N3O3. The van der Waals surface area contributed by atoms with Gasteiger partial charge in [-0.15, -0.1) is 0 Å². The van der Waals surface area contributed by atoms with Crippen LogP contribution in [0.5, 0.6) is 11.5 Å². The molecule has 0 atom stereocenters. The lowest BCUT2D eigenvalue weighted by Crippen LogP contribution is -2.27. The molecule has 0 saturated heterocycles. The van der Waals surface area contributed by atoms with Crippen LogP contribution in [-0.4, -0.2) is 41.9 Å². The number of rotatable bonds is 6. The molecule has 2 aromatic carbocycles. The van der Waals surface area contributed by atoms with Crippen LogP contribution >= 0.6 is 0 Å². The van der Waals surface area contributed by atoms with Crippen molar-refractivity contribution in [3.63, 3.8) is 0 Å². The Kier molecular flexibility index (Phi) is 6.24. The van der Waals surface area contributed by atoms with Crippen LogP contribution in [0.1, 0.15) is 27.2 Å². The maximum absolute atomic E-state index is 13.0. The van der Waals surface area contributed by atoms with E-state index in [-0.39, 0.29) is 18.1 Å². The number of carbonyl (C=O) groups excluding carboxylic acids is 1. The third kappa shape index (κ3) is 4.50. The second-order valence-corrected chi connectivity index (χ2v) is 6.92. The summed E-state index contributed by atoms with van der Waals surface area (Å²) in [5, 5.41) is 4.14. The molecule has 0 bridgehead atoms. The Balaban J connectivity index is 1.87. The number of aromatic nitrogens is 2. The molecule has 0 spiro atoms. The van der Waals surface area contributed by atoms with Gasteiger partial charge in [0.2, 0.25) is 0 Å². The van der Waals surface area contributed by atoms with Crippen molar-refractivity contribution < 1.29 is 27.4 Å². The largest absolute Gasteiger partial charge is 0.493 e. The number of hydrogen-bond donors (Lipinski definition) is 0. The van der Waals surface area contributed by atoms with Crippen LogP contribution in [0, 0.1) is 6.92 Å². The van der Waals surface area contributed by atoms with Gasteiger partial charge in [-0.2, -0.15) is 18.3 Å². The van der Waals surface area contributed by atoms with Crippen molar-refractivity contribution >= 4 is 5.91 Å². The molecule has 0 N–H and O–H groups in total. The highest BCUT2D eigenvalue weighted by atomic mass is 19.4. The zero-order valence-corrected chi connectivity index (χ0v) is 17.5. The molecule has 31 heavy (non-hydrogen) atoms. The van der Waals surface area contributed by atoms with E-state index in [4.69, 9.17) is 9.47 Å². The number of alkyl halides is 3. The van der Waals surface area contributed by atoms with Gasteiger partial charge in [0.05, 0.1) is 42.9 Å². The molecule has 3 aromatic rings. The highest BCUT2D eigenvalue weighted by Gasteiger charge is 2.31. The average molecular weight is 433 g/mol. The first-order chi connectivity index (χ1) is 14.7. The van der Waals surface area contributed by atoms with Crippen LogP contribution in [-0.2, 0) is 12.7 Å². The highest BCUT2D eigenvalue weighted by molar-refractivity contribution is 5.95. The predicted molar refractivity (Wildman–Crippen MR) is 109 cm³/mol. The van der Waals surface area contributed by atoms with Crippen molar-refractivity contribution in [3.8, 4) is 17.2 Å². The summed E-state index contributed by atoms with van der Waals surface area (Å²) >= 11 is 0. The van der Waals surface area contributed by atoms with Crippen LogP contribution < -0.4 is 9.47 Å². The summed E-state index contributed by atoms with van der Waals surface area (Å²) in [6.07, 6.45) is -3.11. The number of halogens is 3. The molecule has 1 aromatic heterocycles. The number of ether oxygens (including phenoxy) is 2. The summed E-state index contributed by atoms with van der Waals surface area (Å²) in [5.41, 5.74) is 0.926. The Hall–Kier alpha value is -3.49. The number of para-hydroxylation sites is 1. The van der Waals surface area contributed by atoms with E-state index < -0.39 is 11.7 Å². The molecule has 0 aliphatic rings. The molecule has 1 heterocycles. The van der Waals surface area contributed by atoms with E-state index in [9.17, 15) is 18.0 Å². The molecule has 6 nitrogen and oxygen atoms in total. The van der Waals surface area contributed by atoms with E-state index in [1.165, 1.54) is 42.1 Å². The van der Waals surface area contributed by atoms with Crippen molar-refractivity contribution in [1.29, 1.82) is 0 Å². The van der Waals surface area contributed by atoms with Crippen LogP contribution in [0.4, 0.5) is 13.2 Å². The Bertz CT molecular complexity index is 1090. The number of methoxy groups -OCH3 is 2. The van der Waals surface area contributed by atoms with Crippen molar-refractivity contribution in [3.05, 3.63) is 71.0 Å². The quantitative estimate of drug-likeness (QED) is 0.575. The molecule has 0 aliphatic carbocycles. The van der Waals surface area contributed by atoms with E-state index in [2.05, 4.69) is 5.10 Å². The molecule has 0 radical (unpaired) electrons. The van der Waals surface area contributed by atoms with E-state index in [0.717, 1.165) is 17.7 Å². The Morgan fingerprint density at radius 1 is 1.13 bits per heavy atom. The zero-order chi connectivity index (χ0) is 22.8. The van der Waals surface area contributed by atoms with Gasteiger partial charge < -0.3 is 14.4 Å². The number of nitrogens with zero attached hydrogens (tertiary/aromatic N) is 3. The lowest BCUT2D eigenvalue weighted by atomic mass is 10.1. The van der Waals surface area contributed by atoms with Gasteiger partial charge in [0.25, 0.3) is 5.91 Å². The molecule has 1 amide bonds. The SMILES string of the molecule is COc1cccc(CN(C)C(=O)c2cnn(-c3cccc(C(F)(F)F)c3)c2C)c1OC. The molecule has 0 fully saturated rings. The van der Waals surface area contributed by atoms with Crippen molar-refractivity contribution in [2.45, 2.75) is 19.6 Å². The van der Waals surface area contributed by atoms with Crippen molar-refractivity contribution in [1.82, 2.24) is 14.7 Å². The Morgan fingerprint density at radius 3 is 2.48 bits per heavy atom. The maximum atomic E-state index is 13.0. The van der Waals surface area contributed by atoms with E-state index in [0.29, 0.717) is 22.8 Å². The summed E-state index contributed by atoms with van der Waals surface area (Å²) < 4.78 is 51.1. The number of carbonyl (C=O) groups is 1. The molecule has 0 aliphatic heterocycles. The molecule has 164 valence electrons. The first-order valence-corrected chi connectivity index (χ1v) is 9.35. The van der Waals surface area contributed by atoms with Gasteiger partial charge in [-0.05, 0) is 31.2 Å². The highest BCUT2D eigenvalue weighted by Crippen LogP contribution is 2.32. The van der Waals surface area contributed by atoms with Gasteiger partial charge >= 0.3 is 6.18 Å². The summed E-state index contributed by atoms with van der Waals surface area (Å²) in [5.74, 6) is 0.760. The van der Waals surface area contributed by atoms with Crippen LogP contribution in [0.3, 0.4) is 0 Å². The number of benzene rings is 2. The topological polar surface area (TPSA) is 56.6 Å². The first kappa shape index (κ1) is 22.2. The summed E-state index contributed by atoms with van der Waals surface area (Å²) in [7, 11) is 4.68. The first-order valence-electron chi connectivity index (χ1n) is 9.35. The second kappa shape index (κ2) is 8.71. The molecular weight excluding hydrogens is 411 g/mol. The van der Waals surface area contributed by atoms with Crippen LogP contribution in [0.25, 0.3) is 5.69 Å². The summed E-state index contributed by atoms with van der Waals surface area (Å²) in [6, 6.07) is 10.2. The van der Waals surface area contributed by atoms with E-state index >= 15 is 0 Å². The van der Waals surface area contributed by atoms with Crippen LogP contribution in [0.15, 0.2) is 48.7 Å². The molecule has 0 saturated carbocycles. The lowest BCUT2D eigenvalue weighted by molar-refractivity contribution is -0.137. The van der Waals surface area contributed by atoms with Crippen molar-refractivity contribution in [2.24, 2.45) is 0 Å². The van der Waals surface area contributed by atoms with Gasteiger partial charge in [0, 0.05) is 19.2 Å². The fourth-order valence-electron chi connectivity index (χ4n) is 3.31. The normalized spacial score (nSPS) is 11.3. The Labute approximate surface area is 177 Å². The minimum absolute atomic E-state index is 0.225. The lowest BCUT2D eigenvalue weighted by Gasteiger charge is -2.20. The minimum Gasteiger partial charge on any atom is -0.493 e. The van der Waals surface area contributed by atoms with Gasteiger partial charge in [-0.25, -0.2) is 4.68 Å². The minimum atomic E-state index is -4.47. The average Bonchev–Trinajstić information content (AvgIpc) is 3.13. The van der Waals surface area contributed by atoms with E-state index in [1.54, 1.807) is 26.1 Å². The Morgan fingerprint density at radius 2 is 1.84 bits per heavy atom. The van der Waals surface area contributed by atoms with Gasteiger partial charge in [0.1, 0.15) is 0 Å². The molecule has 3 rings (SSSR count). The second-order valence-electron chi connectivity index (χ2n) is 6.92. The molecule has 0 unspecified atom stereocenters. The van der Waals surface area contributed by atoms with Crippen LogP contribution in [0.2, 0.25) is 0 Å². The van der Waals surface area contributed by atoms with E-state index in [1.807, 2.05) is 6.07 Å². The number of hydrogen-bond acceptors (Lipinski definition) is 4. The third-order valence-electron chi connectivity index (χ3n) is 4.90. The maximum Gasteiger partial charge on any atom is 0.416 e. The van der Waals surface area contributed by atoms with Gasteiger partial charge in [-0.1, -0.05) is 18.2 Å². The predicted octanol–water partition coefficient (Wildman–Crippen LogP) is 4.49. The number of amides is 1. The monoisotopic (exact) mass is 433 g/mol. The zero-order valence-electron chi connectivity index (χ0n) is 17.5. The summed E-state index contributed by atoms with van der Waals surface area (Å²) in [6.45, 7) is 1.88. The third-order valence-corrected chi connectivity index (χ3v) is 4.90. The van der Waals surface area contributed by atoms with Gasteiger partial charge in [0.15, 0.2) is 11.5 Å². The fraction of sp³-hybridized carbons (Fsp3) is 0.273. The standard InChI is InChI=1S/C22H22F3N3O3/c1-14-18(12-26-28(14)17-9-6-8-16(11-17)22(23,24)25)21(29)27(2)13-15-7-5-10-19(30-3)20(15)31-4/h5-12H,13H2,1-4H3. The fourth-order valence-corrected chi connectivity index (χ4v) is 3.31. The summed E-state index contributed by atoms with van der Waals surface area (Å²) in [4.78, 5) is 14.5. The molecule has 9 heteroatoms. The van der Waals surface area contributed by atoms with Crippen molar-refractivity contribution in [2.75, 3.05) is 21.3 Å². The smallest absolute Gasteiger partial charge is 0.416 e.